The van der Waals surface area contributed by atoms with E-state index in [9.17, 15) is 0 Å². The van der Waals surface area contributed by atoms with Gasteiger partial charge in [0.15, 0.2) is 5.84 Å². The van der Waals surface area contributed by atoms with Crippen LogP contribution in [0.25, 0.3) is 77.4 Å². The van der Waals surface area contributed by atoms with E-state index in [1.165, 1.54) is 21.8 Å². The van der Waals surface area contributed by atoms with Gasteiger partial charge in [0.05, 0.1) is 16.7 Å². The van der Waals surface area contributed by atoms with Crippen LogP contribution in [0.2, 0.25) is 0 Å². The summed E-state index contributed by atoms with van der Waals surface area (Å²) >= 11 is 0. The van der Waals surface area contributed by atoms with Crippen LogP contribution in [0.1, 0.15) is 23.6 Å². The van der Waals surface area contributed by atoms with Gasteiger partial charge in [-0.25, -0.2) is 9.98 Å². The topological polar surface area (TPSA) is 42.8 Å². The molecule has 0 unspecified atom stereocenters. The van der Waals surface area contributed by atoms with Crippen LogP contribution < -0.4 is 0 Å². The maximum absolute atomic E-state index is 6.97. The Hall–Kier alpha value is -7.56. The highest BCUT2D eigenvalue weighted by atomic mass is 16.3. The molecule has 2 heterocycles. The molecule has 57 heavy (non-hydrogen) atoms. The number of aromatic nitrogens is 1. The van der Waals surface area contributed by atoms with Gasteiger partial charge >= 0.3 is 0 Å². The number of fused-ring (bicyclic) bond motifs is 6. The summed E-state index contributed by atoms with van der Waals surface area (Å²) in [5.74, 6) is 0.593. The lowest BCUT2D eigenvalue weighted by Crippen LogP contribution is -2.04. The summed E-state index contributed by atoms with van der Waals surface area (Å²) in [7, 11) is 0. The average molecular weight is 732 g/mol. The second-order valence-corrected chi connectivity index (χ2v) is 14.3. The van der Waals surface area contributed by atoms with Gasteiger partial charge in [0.1, 0.15) is 11.2 Å². The summed E-state index contributed by atoms with van der Waals surface area (Å²) in [4.78, 5) is 10.1. The molecule has 4 nitrogen and oxygen atoms in total. The van der Waals surface area contributed by atoms with E-state index >= 15 is 0 Å². The minimum Gasteiger partial charge on any atom is -0.455 e. The van der Waals surface area contributed by atoms with E-state index in [1.54, 1.807) is 0 Å². The van der Waals surface area contributed by atoms with Crippen LogP contribution in [-0.2, 0) is 0 Å². The molecule has 2 aromatic heterocycles. The third-order valence-corrected chi connectivity index (χ3v) is 10.8. The summed E-state index contributed by atoms with van der Waals surface area (Å²) in [6.45, 7) is 6.34. The number of hydrogen-bond donors (Lipinski definition) is 0. The van der Waals surface area contributed by atoms with Gasteiger partial charge in [0.25, 0.3) is 0 Å². The van der Waals surface area contributed by atoms with Gasteiger partial charge in [-0.1, -0.05) is 164 Å². The number of rotatable bonds is 7. The summed E-state index contributed by atoms with van der Waals surface area (Å²) in [6, 6.07) is 67.4. The Kier molecular flexibility index (Phi) is 8.50. The number of amidine groups is 1. The number of hydrogen-bond acceptors (Lipinski definition) is 2. The molecule has 0 saturated carbocycles. The maximum Gasteiger partial charge on any atom is 0.160 e. The standard InChI is InChI=1S/C53H37N3O/c1-35(37-17-6-3-7-18-37)54-53(55-36(2)38-19-8-4-9-20-38)41-22-14-21-39(33-41)43-26-15-28-46-47-29-16-27-44(52(47)57-51(43)46)40-31-32-50-48(34-40)45-25-12-13-30-49(45)56(50)42-23-10-5-11-24-42/h3-34H,1H2,2H3. The number of aliphatic imine (C=N–C) groups is 2. The minimum atomic E-state index is 0.593. The Labute approximate surface area is 331 Å². The molecule has 0 radical (unpaired) electrons. The Balaban J connectivity index is 1.10. The molecule has 0 bridgehead atoms. The third kappa shape index (κ3) is 6.14. The van der Waals surface area contributed by atoms with E-state index in [4.69, 9.17) is 14.4 Å². The van der Waals surface area contributed by atoms with Crippen LogP contribution in [0.3, 0.4) is 0 Å². The zero-order valence-electron chi connectivity index (χ0n) is 31.4. The summed E-state index contributed by atoms with van der Waals surface area (Å²) < 4.78 is 9.31. The molecule has 0 saturated heterocycles. The fourth-order valence-electron chi connectivity index (χ4n) is 7.98. The van der Waals surface area contributed by atoms with E-state index in [0.717, 1.165) is 72.3 Å². The largest absolute Gasteiger partial charge is 0.455 e. The maximum atomic E-state index is 6.97. The van der Waals surface area contributed by atoms with Gasteiger partial charge < -0.3 is 8.98 Å². The third-order valence-electron chi connectivity index (χ3n) is 10.8. The lowest BCUT2D eigenvalue weighted by Gasteiger charge is -2.09. The SMILES string of the molecule is C=C(N=C(N=C(C)c1ccccc1)c1cccc(-c2cccc3c2oc2c(-c4ccc5c(c4)c4ccccc4n5-c4ccccc4)cccc23)c1)c1ccccc1. The van der Waals surface area contributed by atoms with Crippen molar-refractivity contribution in [3.8, 4) is 27.9 Å². The molecule has 0 aliphatic carbocycles. The second kappa shape index (κ2) is 14.3. The van der Waals surface area contributed by atoms with Crippen LogP contribution >= 0.6 is 0 Å². The quantitative estimate of drug-likeness (QED) is 0.119. The molecule has 0 atom stereocenters. The highest BCUT2D eigenvalue weighted by Gasteiger charge is 2.19. The average Bonchev–Trinajstić information content (AvgIpc) is 3.83. The highest BCUT2D eigenvalue weighted by Crippen LogP contribution is 2.42. The fraction of sp³-hybridized carbons (Fsp3) is 0.0189. The fourth-order valence-corrected chi connectivity index (χ4v) is 7.98. The highest BCUT2D eigenvalue weighted by molar-refractivity contribution is 6.16. The minimum absolute atomic E-state index is 0.593. The van der Waals surface area contributed by atoms with Crippen molar-refractivity contribution in [2.75, 3.05) is 0 Å². The Morgan fingerprint density at radius 2 is 1.00 bits per heavy atom. The predicted molar refractivity (Wildman–Crippen MR) is 240 cm³/mol. The number of furan rings is 1. The van der Waals surface area contributed by atoms with E-state index in [2.05, 4.69) is 157 Å². The first-order valence-corrected chi connectivity index (χ1v) is 19.2. The number of nitrogens with zero attached hydrogens (tertiary/aromatic N) is 3. The van der Waals surface area contributed by atoms with Crippen LogP contribution in [0.4, 0.5) is 0 Å². The molecular weight excluding hydrogens is 695 g/mol. The molecule has 10 aromatic rings. The van der Waals surface area contributed by atoms with Crippen molar-refractivity contribution in [1.82, 2.24) is 4.57 Å². The molecule has 0 aliphatic heterocycles. The van der Waals surface area contributed by atoms with Crippen LogP contribution in [0, 0.1) is 0 Å². The van der Waals surface area contributed by atoms with Crippen LogP contribution in [-0.4, -0.2) is 16.1 Å². The summed E-state index contributed by atoms with van der Waals surface area (Å²) in [5.41, 5.74) is 13.8. The zero-order valence-corrected chi connectivity index (χ0v) is 31.4. The first kappa shape index (κ1) is 34.0. The molecule has 0 amide bonds. The van der Waals surface area contributed by atoms with Crippen molar-refractivity contribution < 1.29 is 4.42 Å². The molecule has 4 heteroatoms. The van der Waals surface area contributed by atoms with Gasteiger partial charge in [-0.05, 0) is 65.6 Å². The van der Waals surface area contributed by atoms with Crippen molar-refractivity contribution in [2.24, 2.45) is 9.98 Å². The number of para-hydroxylation sites is 4. The van der Waals surface area contributed by atoms with E-state index in [1.807, 2.05) is 55.5 Å². The molecule has 270 valence electrons. The summed E-state index contributed by atoms with van der Waals surface area (Å²) in [5, 5.41) is 4.57. The second-order valence-electron chi connectivity index (χ2n) is 14.3. The van der Waals surface area contributed by atoms with Gasteiger partial charge in [0, 0.05) is 49.6 Å². The van der Waals surface area contributed by atoms with E-state index < -0.39 is 0 Å². The molecule has 0 spiro atoms. The van der Waals surface area contributed by atoms with Crippen molar-refractivity contribution >= 4 is 61.0 Å². The van der Waals surface area contributed by atoms with Crippen molar-refractivity contribution in [2.45, 2.75) is 6.92 Å². The normalized spacial score (nSPS) is 12.2. The van der Waals surface area contributed by atoms with Gasteiger partial charge in [-0.3, -0.25) is 0 Å². The van der Waals surface area contributed by atoms with Gasteiger partial charge in [-0.15, -0.1) is 0 Å². The molecule has 0 aliphatic rings. The first-order chi connectivity index (χ1) is 28.1. The van der Waals surface area contributed by atoms with Crippen molar-refractivity contribution in [3.05, 3.63) is 217 Å². The monoisotopic (exact) mass is 731 g/mol. The Morgan fingerprint density at radius 1 is 0.456 bits per heavy atom. The Morgan fingerprint density at radius 3 is 1.70 bits per heavy atom. The number of benzene rings is 8. The lowest BCUT2D eigenvalue weighted by atomic mass is 9.98. The molecule has 8 aromatic carbocycles. The summed E-state index contributed by atoms with van der Waals surface area (Å²) in [6.07, 6.45) is 0. The van der Waals surface area contributed by atoms with Crippen LogP contribution in [0.5, 0.6) is 0 Å². The molecular formula is C53H37N3O. The van der Waals surface area contributed by atoms with Crippen molar-refractivity contribution in [3.63, 3.8) is 0 Å². The molecule has 0 fully saturated rings. The predicted octanol–water partition coefficient (Wildman–Crippen LogP) is 13.9. The van der Waals surface area contributed by atoms with Gasteiger partial charge in [0.2, 0.25) is 0 Å². The zero-order chi connectivity index (χ0) is 38.3. The molecule has 10 rings (SSSR count). The van der Waals surface area contributed by atoms with Gasteiger partial charge in [-0.2, -0.15) is 0 Å². The first-order valence-electron chi connectivity index (χ1n) is 19.2. The van der Waals surface area contributed by atoms with E-state index in [0.29, 0.717) is 11.5 Å². The van der Waals surface area contributed by atoms with Crippen molar-refractivity contribution in [1.29, 1.82) is 0 Å². The lowest BCUT2D eigenvalue weighted by molar-refractivity contribution is 0.671. The smallest absolute Gasteiger partial charge is 0.160 e. The van der Waals surface area contributed by atoms with Crippen LogP contribution in [0.15, 0.2) is 215 Å². The van der Waals surface area contributed by atoms with E-state index in [-0.39, 0.29) is 0 Å². The Bertz CT molecular complexity index is 3190. The molecule has 0 N–H and O–H groups in total.